The van der Waals surface area contributed by atoms with Crippen LogP contribution in [0, 0.1) is 13.8 Å². The summed E-state index contributed by atoms with van der Waals surface area (Å²) in [6.07, 6.45) is 0.622. The van der Waals surface area contributed by atoms with E-state index in [4.69, 9.17) is 14.2 Å². The fourth-order valence-electron chi connectivity index (χ4n) is 2.60. The molecular weight excluding hydrogens is 346 g/mol. The zero-order valence-electron chi connectivity index (χ0n) is 16.1. The number of carbonyl (C=O) groups is 2. The SMILES string of the molecule is COc1ccc(CCNC(=O)COC(=O)c2cc(C)ccc2C)cc1OC. The molecule has 1 amide bonds. The molecule has 0 aromatic heterocycles. The van der Waals surface area contributed by atoms with Crippen LogP contribution < -0.4 is 14.8 Å². The summed E-state index contributed by atoms with van der Waals surface area (Å²) in [5.41, 5.74) is 3.26. The van der Waals surface area contributed by atoms with Crippen molar-refractivity contribution in [1.82, 2.24) is 5.32 Å². The second-order valence-corrected chi connectivity index (χ2v) is 6.18. The first-order valence-corrected chi connectivity index (χ1v) is 8.66. The predicted molar refractivity (Wildman–Crippen MR) is 102 cm³/mol. The van der Waals surface area contributed by atoms with Crippen molar-refractivity contribution < 1.29 is 23.8 Å². The molecule has 0 aliphatic heterocycles. The Bertz CT molecular complexity index is 816. The van der Waals surface area contributed by atoms with E-state index in [-0.39, 0.29) is 12.5 Å². The summed E-state index contributed by atoms with van der Waals surface area (Å²) < 4.78 is 15.6. The van der Waals surface area contributed by atoms with Gasteiger partial charge in [0.05, 0.1) is 19.8 Å². The number of benzene rings is 2. The van der Waals surface area contributed by atoms with Crippen LogP contribution in [0.5, 0.6) is 11.5 Å². The van der Waals surface area contributed by atoms with Crippen molar-refractivity contribution in [1.29, 1.82) is 0 Å². The Morgan fingerprint density at radius 1 is 0.963 bits per heavy atom. The van der Waals surface area contributed by atoms with Crippen molar-refractivity contribution in [3.8, 4) is 11.5 Å². The van der Waals surface area contributed by atoms with E-state index in [1.807, 2.05) is 44.2 Å². The number of hydrogen-bond donors (Lipinski definition) is 1. The van der Waals surface area contributed by atoms with Gasteiger partial charge in [0, 0.05) is 6.54 Å². The Hall–Kier alpha value is -3.02. The molecule has 0 spiro atoms. The van der Waals surface area contributed by atoms with Crippen molar-refractivity contribution in [3.05, 3.63) is 58.7 Å². The number of ether oxygens (including phenoxy) is 3. The van der Waals surface area contributed by atoms with E-state index < -0.39 is 5.97 Å². The molecule has 144 valence electrons. The lowest BCUT2D eigenvalue weighted by Crippen LogP contribution is -2.30. The van der Waals surface area contributed by atoms with Crippen LogP contribution in [0.4, 0.5) is 0 Å². The molecule has 0 fully saturated rings. The molecule has 0 aliphatic rings. The van der Waals surface area contributed by atoms with Crippen molar-refractivity contribution in [2.24, 2.45) is 0 Å². The zero-order valence-corrected chi connectivity index (χ0v) is 16.1. The van der Waals surface area contributed by atoms with E-state index >= 15 is 0 Å². The molecule has 2 aromatic rings. The van der Waals surface area contributed by atoms with E-state index in [0.717, 1.165) is 16.7 Å². The van der Waals surface area contributed by atoms with Gasteiger partial charge in [-0.3, -0.25) is 4.79 Å². The minimum absolute atomic E-state index is 0.307. The third kappa shape index (κ3) is 5.74. The first-order valence-electron chi connectivity index (χ1n) is 8.66. The molecule has 0 radical (unpaired) electrons. The lowest BCUT2D eigenvalue weighted by molar-refractivity contribution is -0.124. The quantitative estimate of drug-likeness (QED) is 0.723. The smallest absolute Gasteiger partial charge is 0.338 e. The molecule has 6 nitrogen and oxygen atoms in total. The topological polar surface area (TPSA) is 73.9 Å². The highest BCUT2D eigenvalue weighted by Crippen LogP contribution is 2.27. The second-order valence-electron chi connectivity index (χ2n) is 6.18. The number of hydrogen-bond acceptors (Lipinski definition) is 5. The molecule has 0 saturated heterocycles. The van der Waals surface area contributed by atoms with Gasteiger partial charge in [0.1, 0.15) is 0 Å². The van der Waals surface area contributed by atoms with E-state index in [9.17, 15) is 9.59 Å². The van der Waals surface area contributed by atoms with Crippen LogP contribution in [-0.4, -0.2) is 39.2 Å². The predicted octanol–water partition coefficient (Wildman–Crippen LogP) is 2.84. The maximum Gasteiger partial charge on any atom is 0.338 e. The fourth-order valence-corrected chi connectivity index (χ4v) is 2.60. The van der Waals surface area contributed by atoms with Gasteiger partial charge in [-0.2, -0.15) is 0 Å². The van der Waals surface area contributed by atoms with Crippen molar-refractivity contribution in [2.75, 3.05) is 27.4 Å². The highest BCUT2D eigenvalue weighted by atomic mass is 16.5. The van der Waals surface area contributed by atoms with E-state index in [1.165, 1.54) is 0 Å². The third-order valence-corrected chi connectivity index (χ3v) is 4.13. The van der Waals surface area contributed by atoms with Crippen LogP contribution in [-0.2, 0) is 16.0 Å². The Morgan fingerprint density at radius 2 is 1.70 bits per heavy atom. The van der Waals surface area contributed by atoms with E-state index in [2.05, 4.69) is 5.32 Å². The summed E-state index contributed by atoms with van der Waals surface area (Å²) in [4.78, 5) is 24.0. The van der Waals surface area contributed by atoms with Gasteiger partial charge in [-0.15, -0.1) is 0 Å². The number of methoxy groups -OCH3 is 2. The van der Waals surface area contributed by atoms with Gasteiger partial charge in [0.15, 0.2) is 18.1 Å². The molecule has 0 atom stereocenters. The maximum atomic E-state index is 12.1. The Labute approximate surface area is 159 Å². The van der Waals surface area contributed by atoms with Gasteiger partial charge < -0.3 is 19.5 Å². The molecule has 0 saturated carbocycles. The number of rotatable bonds is 8. The van der Waals surface area contributed by atoms with Crippen LogP contribution in [0.15, 0.2) is 36.4 Å². The fraction of sp³-hybridized carbons (Fsp3) is 0.333. The van der Waals surface area contributed by atoms with Gasteiger partial charge in [-0.05, 0) is 49.6 Å². The minimum Gasteiger partial charge on any atom is -0.493 e. The van der Waals surface area contributed by atoms with Crippen LogP contribution in [0.1, 0.15) is 27.0 Å². The summed E-state index contributed by atoms with van der Waals surface area (Å²) in [6, 6.07) is 11.1. The van der Waals surface area contributed by atoms with Gasteiger partial charge in [0.2, 0.25) is 0 Å². The molecule has 27 heavy (non-hydrogen) atoms. The number of esters is 1. The zero-order chi connectivity index (χ0) is 19.8. The second kappa shape index (κ2) is 9.62. The third-order valence-electron chi connectivity index (χ3n) is 4.13. The number of amides is 1. The Balaban J connectivity index is 1.79. The average molecular weight is 371 g/mol. The molecule has 6 heteroatoms. The Kier molecular flexibility index (Phi) is 7.23. The monoisotopic (exact) mass is 371 g/mol. The molecule has 2 aromatic carbocycles. The average Bonchev–Trinajstić information content (AvgIpc) is 2.67. The van der Waals surface area contributed by atoms with Crippen LogP contribution in [0.3, 0.4) is 0 Å². The van der Waals surface area contributed by atoms with Crippen LogP contribution in [0.25, 0.3) is 0 Å². The van der Waals surface area contributed by atoms with Gasteiger partial charge in [-0.1, -0.05) is 23.8 Å². The molecule has 0 heterocycles. The summed E-state index contributed by atoms with van der Waals surface area (Å²) in [5, 5.41) is 2.74. The molecule has 2 rings (SSSR count). The maximum absolute atomic E-state index is 12.1. The Morgan fingerprint density at radius 3 is 2.41 bits per heavy atom. The molecule has 0 aliphatic carbocycles. The first-order chi connectivity index (χ1) is 12.9. The standard InChI is InChI=1S/C21H25NO5/c1-14-5-6-15(2)17(11-14)21(24)27-13-20(23)22-10-9-16-7-8-18(25-3)19(12-16)26-4/h5-8,11-12H,9-10,13H2,1-4H3,(H,22,23). The van der Waals surface area contributed by atoms with Gasteiger partial charge >= 0.3 is 5.97 Å². The number of carbonyl (C=O) groups excluding carboxylic acids is 2. The molecule has 0 bridgehead atoms. The van der Waals surface area contributed by atoms with Gasteiger partial charge in [-0.25, -0.2) is 4.79 Å². The number of aryl methyl sites for hydroxylation is 2. The highest BCUT2D eigenvalue weighted by molar-refractivity contribution is 5.92. The summed E-state index contributed by atoms with van der Waals surface area (Å²) in [6.45, 7) is 3.85. The van der Waals surface area contributed by atoms with Crippen LogP contribution >= 0.6 is 0 Å². The van der Waals surface area contributed by atoms with Crippen molar-refractivity contribution in [3.63, 3.8) is 0 Å². The van der Waals surface area contributed by atoms with Crippen molar-refractivity contribution in [2.45, 2.75) is 20.3 Å². The minimum atomic E-state index is -0.494. The lowest BCUT2D eigenvalue weighted by atomic mass is 10.1. The highest BCUT2D eigenvalue weighted by Gasteiger charge is 2.13. The summed E-state index contributed by atoms with van der Waals surface area (Å²) in [5.74, 6) is 0.466. The largest absolute Gasteiger partial charge is 0.493 e. The number of nitrogens with one attached hydrogen (secondary N) is 1. The van der Waals surface area contributed by atoms with E-state index in [1.54, 1.807) is 20.3 Å². The first kappa shape index (κ1) is 20.3. The molecular formula is C21H25NO5. The molecule has 0 unspecified atom stereocenters. The van der Waals surface area contributed by atoms with Crippen LogP contribution in [0.2, 0.25) is 0 Å². The normalized spacial score (nSPS) is 10.2. The molecule has 1 N–H and O–H groups in total. The van der Waals surface area contributed by atoms with E-state index in [0.29, 0.717) is 30.0 Å². The lowest BCUT2D eigenvalue weighted by Gasteiger charge is -2.10. The summed E-state index contributed by atoms with van der Waals surface area (Å²) >= 11 is 0. The van der Waals surface area contributed by atoms with Crippen molar-refractivity contribution >= 4 is 11.9 Å². The summed E-state index contributed by atoms with van der Waals surface area (Å²) in [7, 11) is 3.16. The van der Waals surface area contributed by atoms with Gasteiger partial charge in [0.25, 0.3) is 5.91 Å².